The molecule has 1 aliphatic heterocycles. The number of likely N-dealkylation sites (tertiary alicyclic amines) is 1. The number of nitrogens with one attached hydrogen (secondary N) is 2. The number of ether oxygens (including phenoxy) is 1. The smallest absolute Gasteiger partial charge is 0.254 e. The lowest BCUT2D eigenvalue weighted by atomic mass is 10.1. The zero-order chi connectivity index (χ0) is 19.6. The van der Waals surface area contributed by atoms with Crippen LogP contribution in [0.15, 0.2) is 36.9 Å². The van der Waals surface area contributed by atoms with Crippen LogP contribution in [-0.4, -0.2) is 46.4 Å². The monoisotopic (exact) mass is 368 g/mol. The SMILES string of the molecule is C=CC(=O)Nc1cccc(C(=O)N2C[C@H](OC)C[C@H]2c2nc(C)c(C)[nH]2)c1. The van der Waals surface area contributed by atoms with Gasteiger partial charge in [0.25, 0.3) is 5.91 Å². The number of hydrogen-bond acceptors (Lipinski definition) is 4. The molecule has 1 saturated heterocycles. The van der Waals surface area contributed by atoms with Gasteiger partial charge in [-0.05, 0) is 38.1 Å². The van der Waals surface area contributed by atoms with Gasteiger partial charge in [-0.25, -0.2) is 4.98 Å². The maximum atomic E-state index is 13.2. The van der Waals surface area contributed by atoms with Crippen molar-refractivity contribution in [1.29, 1.82) is 0 Å². The lowest BCUT2D eigenvalue weighted by Gasteiger charge is -2.23. The number of imidazole rings is 1. The van der Waals surface area contributed by atoms with Gasteiger partial charge in [-0.2, -0.15) is 0 Å². The highest BCUT2D eigenvalue weighted by Gasteiger charge is 2.38. The predicted molar refractivity (Wildman–Crippen MR) is 103 cm³/mol. The Morgan fingerprint density at radius 2 is 2.19 bits per heavy atom. The molecule has 2 N–H and O–H groups in total. The summed E-state index contributed by atoms with van der Waals surface area (Å²) in [6.07, 6.45) is 1.82. The third kappa shape index (κ3) is 3.93. The summed E-state index contributed by atoms with van der Waals surface area (Å²) < 4.78 is 5.50. The molecule has 2 atom stereocenters. The second-order valence-corrected chi connectivity index (χ2v) is 6.67. The first-order valence-electron chi connectivity index (χ1n) is 8.83. The van der Waals surface area contributed by atoms with E-state index in [2.05, 4.69) is 21.9 Å². The second-order valence-electron chi connectivity index (χ2n) is 6.67. The van der Waals surface area contributed by atoms with Gasteiger partial charge >= 0.3 is 0 Å². The number of rotatable bonds is 5. The minimum Gasteiger partial charge on any atom is -0.380 e. The minimum absolute atomic E-state index is 0.0479. The number of benzene rings is 1. The molecule has 0 saturated carbocycles. The molecule has 0 aliphatic carbocycles. The van der Waals surface area contributed by atoms with E-state index in [0.29, 0.717) is 24.2 Å². The van der Waals surface area contributed by atoms with Crippen LogP contribution >= 0.6 is 0 Å². The van der Waals surface area contributed by atoms with E-state index in [-0.39, 0.29) is 24.0 Å². The quantitative estimate of drug-likeness (QED) is 0.795. The maximum Gasteiger partial charge on any atom is 0.254 e. The standard InChI is InChI=1S/C20H24N4O3/c1-5-18(25)23-15-8-6-7-14(9-15)20(26)24-11-16(27-4)10-17(24)19-21-12(2)13(3)22-19/h5-9,16-17H,1,10-11H2,2-4H3,(H,21,22)(H,23,25)/t16-,17+/m1/s1. The van der Waals surface area contributed by atoms with Crippen molar-refractivity contribution in [2.45, 2.75) is 32.4 Å². The van der Waals surface area contributed by atoms with Crippen molar-refractivity contribution in [3.8, 4) is 0 Å². The molecule has 0 spiro atoms. The fourth-order valence-corrected chi connectivity index (χ4v) is 3.27. The molecular weight excluding hydrogens is 344 g/mol. The summed E-state index contributed by atoms with van der Waals surface area (Å²) in [6, 6.07) is 6.70. The van der Waals surface area contributed by atoms with Crippen LogP contribution in [0.1, 0.15) is 40.0 Å². The van der Waals surface area contributed by atoms with Gasteiger partial charge in [-0.1, -0.05) is 12.6 Å². The largest absolute Gasteiger partial charge is 0.380 e. The van der Waals surface area contributed by atoms with E-state index < -0.39 is 0 Å². The van der Waals surface area contributed by atoms with E-state index in [1.165, 1.54) is 6.08 Å². The number of anilines is 1. The molecule has 2 aromatic rings. The molecule has 0 bridgehead atoms. The number of amides is 2. The molecule has 0 unspecified atom stereocenters. The fraction of sp³-hybridized carbons (Fsp3) is 0.350. The summed E-state index contributed by atoms with van der Waals surface area (Å²) in [7, 11) is 1.65. The van der Waals surface area contributed by atoms with Gasteiger partial charge in [0.05, 0.1) is 17.8 Å². The summed E-state index contributed by atoms with van der Waals surface area (Å²) >= 11 is 0. The molecule has 0 radical (unpaired) electrons. The Bertz CT molecular complexity index is 854. The molecule has 3 rings (SSSR count). The number of methoxy groups -OCH3 is 1. The number of hydrogen-bond donors (Lipinski definition) is 2. The van der Waals surface area contributed by atoms with Gasteiger partial charge in [0.2, 0.25) is 5.91 Å². The Labute approximate surface area is 158 Å². The first-order valence-corrected chi connectivity index (χ1v) is 8.83. The molecule has 142 valence electrons. The molecule has 7 nitrogen and oxygen atoms in total. The zero-order valence-corrected chi connectivity index (χ0v) is 15.8. The first kappa shape index (κ1) is 18.8. The van der Waals surface area contributed by atoms with Crippen molar-refractivity contribution < 1.29 is 14.3 Å². The molecule has 1 aromatic heterocycles. The van der Waals surface area contributed by atoms with Gasteiger partial charge in [-0.3, -0.25) is 9.59 Å². The minimum atomic E-state index is -0.320. The molecule has 27 heavy (non-hydrogen) atoms. The highest BCUT2D eigenvalue weighted by atomic mass is 16.5. The van der Waals surface area contributed by atoms with E-state index in [0.717, 1.165) is 17.2 Å². The number of aromatic amines is 1. The van der Waals surface area contributed by atoms with E-state index in [1.807, 2.05) is 13.8 Å². The van der Waals surface area contributed by atoms with Crippen LogP contribution in [0, 0.1) is 13.8 Å². The Morgan fingerprint density at radius 1 is 1.41 bits per heavy atom. The number of carbonyl (C=O) groups excluding carboxylic acids is 2. The van der Waals surface area contributed by atoms with Crippen LogP contribution in [0.2, 0.25) is 0 Å². The van der Waals surface area contributed by atoms with Crippen molar-refractivity contribution in [2.24, 2.45) is 0 Å². The van der Waals surface area contributed by atoms with Gasteiger partial charge < -0.3 is 19.9 Å². The summed E-state index contributed by atoms with van der Waals surface area (Å²) in [5.74, 6) is 0.328. The van der Waals surface area contributed by atoms with Gasteiger partial charge in [0.1, 0.15) is 5.82 Å². The van der Waals surface area contributed by atoms with Crippen molar-refractivity contribution in [2.75, 3.05) is 19.0 Å². The average molecular weight is 368 g/mol. The van der Waals surface area contributed by atoms with Crippen LogP contribution in [0.5, 0.6) is 0 Å². The lowest BCUT2D eigenvalue weighted by molar-refractivity contribution is -0.111. The average Bonchev–Trinajstić information content (AvgIpc) is 3.24. The Balaban J connectivity index is 1.88. The van der Waals surface area contributed by atoms with Gasteiger partial charge in [0, 0.05) is 37.0 Å². The summed E-state index contributed by atoms with van der Waals surface area (Å²) in [4.78, 5) is 34.3. The predicted octanol–water partition coefficient (Wildman–Crippen LogP) is 2.75. The van der Waals surface area contributed by atoms with Crippen LogP contribution < -0.4 is 5.32 Å². The Hall–Kier alpha value is -2.93. The number of aromatic nitrogens is 2. The van der Waals surface area contributed by atoms with Gasteiger partial charge in [0.15, 0.2) is 0 Å². The molecule has 2 amide bonds. The number of carbonyl (C=O) groups is 2. The highest BCUT2D eigenvalue weighted by Crippen LogP contribution is 2.33. The van der Waals surface area contributed by atoms with Crippen LogP contribution in [-0.2, 0) is 9.53 Å². The van der Waals surface area contributed by atoms with E-state index in [4.69, 9.17) is 4.74 Å². The van der Waals surface area contributed by atoms with Crippen LogP contribution in [0.3, 0.4) is 0 Å². The summed E-state index contributed by atoms with van der Waals surface area (Å²) in [6.45, 7) is 7.83. The molecule has 2 heterocycles. The summed E-state index contributed by atoms with van der Waals surface area (Å²) in [5.41, 5.74) is 2.97. The molecule has 1 fully saturated rings. The van der Waals surface area contributed by atoms with E-state index in [9.17, 15) is 9.59 Å². The normalized spacial score (nSPS) is 19.1. The third-order valence-electron chi connectivity index (χ3n) is 4.88. The fourth-order valence-electron chi connectivity index (χ4n) is 3.27. The topological polar surface area (TPSA) is 87.3 Å². The van der Waals surface area contributed by atoms with Crippen LogP contribution in [0.4, 0.5) is 5.69 Å². The zero-order valence-electron chi connectivity index (χ0n) is 15.8. The number of H-pyrrole nitrogens is 1. The summed E-state index contributed by atoms with van der Waals surface area (Å²) in [5, 5.41) is 2.68. The van der Waals surface area contributed by atoms with Crippen LogP contribution in [0.25, 0.3) is 0 Å². The van der Waals surface area contributed by atoms with E-state index >= 15 is 0 Å². The van der Waals surface area contributed by atoms with Crippen molar-refractivity contribution >= 4 is 17.5 Å². The third-order valence-corrected chi connectivity index (χ3v) is 4.88. The van der Waals surface area contributed by atoms with E-state index in [1.54, 1.807) is 36.3 Å². The van der Waals surface area contributed by atoms with Gasteiger partial charge in [-0.15, -0.1) is 0 Å². The van der Waals surface area contributed by atoms with Crippen molar-refractivity contribution in [3.05, 3.63) is 59.7 Å². The Morgan fingerprint density at radius 3 is 2.81 bits per heavy atom. The van der Waals surface area contributed by atoms with Crippen molar-refractivity contribution in [3.63, 3.8) is 0 Å². The lowest BCUT2D eigenvalue weighted by Crippen LogP contribution is -2.32. The molecular formula is C20H24N4O3. The molecule has 1 aromatic carbocycles. The number of nitrogens with zero attached hydrogens (tertiary/aromatic N) is 2. The maximum absolute atomic E-state index is 13.2. The molecule has 7 heteroatoms. The van der Waals surface area contributed by atoms with Crippen molar-refractivity contribution in [1.82, 2.24) is 14.9 Å². The highest BCUT2D eigenvalue weighted by molar-refractivity contribution is 6.01. The number of aryl methyl sites for hydroxylation is 2. The Kier molecular flexibility index (Phi) is 5.41. The second kappa shape index (κ2) is 7.75. The molecule has 1 aliphatic rings. The first-order chi connectivity index (χ1) is 12.9.